The first kappa shape index (κ1) is 23.5. The number of hydrogen-bond donors (Lipinski definition) is 2. The van der Waals surface area contributed by atoms with Crippen LogP contribution in [0.1, 0.15) is 41.5 Å². The van der Waals surface area contributed by atoms with Crippen LogP contribution in [0.3, 0.4) is 0 Å². The van der Waals surface area contributed by atoms with Gasteiger partial charge in [-0.1, -0.05) is 53.8 Å². The van der Waals surface area contributed by atoms with E-state index < -0.39 is 6.09 Å². The molecule has 2 saturated heterocycles. The number of ether oxygens (including phenoxy) is 1. The van der Waals surface area contributed by atoms with E-state index in [0.29, 0.717) is 18.1 Å². The number of alkyl carbamates (subject to hydrolysis) is 1. The van der Waals surface area contributed by atoms with Crippen LogP contribution in [0.2, 0.25) is 0 Å². The molecule has 128 valence electrons. The summed E-state index contributed by atoms with van der Waals surface area (Å²) in [6, 6.07) is 0. The predicted octanol–water partition coefficient (Wildman–Crippen LogP) is 4.15. The normalized spacial score (nSPS) is 15.6. The van der Waals surface area contributed by atoms with E-state index in [0.717, 1.165) is 27.8 Å². The van der Waals surface area contributed by atoms with Gasteiger partial charge in [-0.15, -0.1) is 0 Å². The molecule has 0 aliphatic carbocycles. The van der Waals surface area contributed by atoms with E-state index in [1.165, 1.54) is 0 Å². The molecule has 2 aliphatic rings. The lowest BCUT2D eigenvalue weighted by Gasteiger charge is -1.80. The Bertz CT molecular complexity index is 316. The van der Waals surface area contributed by atoms with Gasteiger partial charge in [-0.3, -0.25) is 4.79 Å². The standard InChI is InChI=1S/2C4H10.C3H3NO2S.C3H3NOS2/c2*1-4(2)3;5-3-4-1-2(7)6-3;5-3-4-1-2(6)7-3/h2*4H,1-3H3;2*1H2,(H,4,5). The number of rotatable bonds is 0. The van der Waals surface area contributed by atoms with Gasteiger partial charge in [-0.2, -0.15) is 0 Å². The molecule has 0 unspecified atom stereocenters. The third kappa shape index (κ3) is 21.6. The molecular weight excluding hydrogens is 340 g/mol. The van der Waals surface area contributed by atoms with Crippen LogP contribution in [0.15, 0.2) is 0 Å². The van der Waals surface area contributed by atoms with Gasteiger partial charge in [-0.05, 0) is 35.8 Å². The lowest BCUT2D eigenvalue weighted by Crippen LogP contribution is -2.12. The minimum atomic E-state index is -0.440. The van der Waals surface area contributed by atoms with Gasteiger partial charge in [0.1, 0.15) is 0 Å². The molecule has 0 saturated carbocycles. The van der Waals surface area contributed by atoms with Crippen molar-refractivity contribution in [2.75, 3.05) is 13.1 Å². The average molecular weight is 367 g/mol. The molecule has 2 rings (SSSR count). The van der Waals surface area contributed by atoms with Crippen molar-refractivity contribution < 1.29 is 14.3 Å². The second-order valence-electron chi connectivity index (χ2n) is 5.69. The Balaban J connectivity index is 0. The van der Waals surface area contributed by atoms with Crippen LogP contribution >= 0.6 is 36.2 Å². The first-order valence-corrected chi connectivity index (χ1v) is 8.64. The Labute approximate surface area is 148 Å². The topological polar surface area (TPSA) is 67.4 Å². The molecule has 2 N–H and O–H groups in total. The summed E-state index contributed by atoms with van der Waals surface area (Å²) in [4.78, 5) is 20.3. The largest absolute Gasteiger partial charge is 0.413 e. The summed E-state index contributed by atoms with van der Waals surface area (Å²) in [6.07, 6.45) is -0.440. The van der Waals surface area contributed by atoms with E-state index in [2.05, 4.69) is 81.3 Å². The molecular formula is C14H26N2O3S3. The van der Waals surface area contributed by atoms with Gasteiger partial charge in [0.25, 0.3) is 5.24 Å². The quantitative estimate of drug-likeness (QED) is 0.628. The van der Waals surface area contributed by atoms with E-state index in [1.807, 2.05) is 0 Å². The molecule has 2 fully saturated rings. The highest BCUT2D eigenvalue weighted by Gasteiger charge is 2.14. The first-order chi connectivity index (χ1) is 10.0. The molecule has 8 heteroatoms. The highest BCUT2D eigenvalue weighted by molar-refractivity contribution is 8.33. The predicted molar refractivity (Wildman–Crippen MR) is 102 cm³/mol. The third-order valence-corrected chi connectivity index (χ3v) is 2.49. The molecule has 0 aromatic heterocycles. The van der Waals surface area contributed by atoms with Gasteiger partial charge in [0.2, 0.25) is 0 Å². The van der Waals surface area contributed by atoms with Crippen LogP contribution in [0.25, 0.3) is 0 Å². The number of cyclic esters (lactones) is 1. The van der Waals surface area contributed by atoms with E-state index in [4.69, 9.17) is 0 Å². The number of nitrogens with one attached hydrogen (secondary N) is 2. The second-order valence-corrected chi connectivity index (χ2v) is 7.97. The Hall–Kier alpha value is -0.730. The zero-order valence-corrected chi connectivity index (χ0v) is 16.5. The minimum absolute atomic E-state index is 0.0231. The summed E-state index contributed by atoms with van der Waals surface area (Å²) < 4.78 is 5.08. The van der Waals surface area contributed by atoms with Gasteiger partial charge in [-0.25, -0.2) is 4.79 Å². The minimum Gasteiger partial charge on any atom is -0.401 e. The van der Waals surface area contributed by atoms with E-state index >= 15 is 0 Å². The van der Waals surface area contributed by atoms with Crippen molar-refractivity contribution in [1.29, 1.82) is 0 Å². The molecule has 0 spiro atoms. The monoisotopic (exact) mass is 366 g/mol. The molecule has 2 aliphatic heterocycles. The summed E-state index contributed by atoms with van der Waals surface area (Å²) in [6.45, 7) is 14.0. The van der Waals surface area contributed by atoms with Gasteiger partial charge in [0.15, 0.2) is 5.05 Å². The lowest BCUT2D eigenvalue weighted by molar-refractivity contribution is 0.209. The van der Waals surface area contributed by atoms with Crippen LogP contribution in [0, 0.1) is 11.8 Å². The molecule has 5 nitrogen and oxygen atoms in total. The maximum Gasteiger partial charge on any atom is 0.413 e. The highest BCUT2D eigenvalue weighted by Crippen LogP contribution is 2.10. The zero-order chi connectivity index (χ0) is 17.7. The number of hydrogen-bond acceptors (Lipinski definition) is 6. The average Bonchev–Trinajstić information content (AvgIpc) is 2.86. The van der Waals surface area contributed by atoms with Gasteiger partial charge in [0.05, 0.1) is 17.3 Å². The molecule has 22 heavy (non-hydrogen) atoms. The van der Waals surface area contributed by atoms with Crippen LogP contribution in [0.5, 0.6) is 0 Å². The van der Waals surface area contributed by atoms with Crippen molar-refractivity contribution in [1.82, 2.24) is 10.6 Å². The van der Waals surface area contributed by atoms with Crippen molar-refractivity contribution in [2.45, 2.75) is 41.5 Å². The smallest absolute Gasteiger partial charge is 0.401 e. The third-order valence-electron chi connectivity index (χ3n) is 1.17. The Morgan fingerprint density at radius 3 is 1.50 bits per heavy atom. The summed E-state index contributed by atoms with van der Waals surface area (Å²) >= 11 is 10.3. The van der Waals surface area contributed by atoms with E-state index in [1.54, 1.807) is 0 Å². The molecule has 2 amide bonds. The SMILES string of the molecule is CC(C)C.CC(C)C.O=C1NCC(=S)O1.O=C1NCC(=S)S1. The molecule has 2 heterocycles. The van der Waals surface area contributed by atoms with Gasteiger partial charge in [0, 0.05) is 0 Å². The fraction of sp³-hybridized carbons (Fsp3) is 0.714. The van der Waals surface area contributed by atoms with Gasteiger partial charge >= 0.3 is 6.09 Å². The Morgan fingerprint density at radius 1 is 0.955 bits per heavy atom. The summed E-state index contributed by atoms with van der Waals surface area (Å²) in [7, 11) is 0. The van der Waals surface area contributed by atoms with E-state index in [9.17, 15) is 9.59 Å². The molecule has 0 aromatic rings. The Kier molecular flexibility index (Phi) is 14.9. The second kappa shape index (κ2) is 13.9. The molecule has 0 aromatic carbocycles. The van der Waals surface area contributed by atoms with Crippen molar-refractivity contribution in [3.8, 4) is 0 Å². The molecule has 0 atom stereocenters. The summed E-state index contributed by atoms with van der Waals surface area (Å²) in [5.41, 5.74) is 0. The lowest BCUT2D eigenvalue weighted by atomic mass is 10.3. The number of thioether (sulfide) groups is 1. The van der Waals surface area contributed by atoms with Crippen LogP contribution in [-0.2, 0) is 4.74 Å². The zero-order valence-electron chi connectivity index (χ0n) is 14.0. The fourth-order valence-corrected chi connectivity index (χ4v) is 1.58. The Morgan fingerprint density at radius 2 is 1.41 bits per heavy atom. The van der Waals surface area contributed by atoms with Crippen LogP contribution in [-0.4, -0.2) is 33.7 Å². The summed E-state index contributed by atoms with van der Waals surface area (Å²) in [5.74, 6) is 1.67. The number of thiocarbonyl (C=S) groups is 2. The summed E-state index contributed by atoms with van der Waals surface area (Å²) in [5, 5.41) is 5.22. The maximum atomic E-state index is 10.2. The maximum absolute atomic E-state index is 10.2. The van der Waals surface area contributed by atoms with Crippen molar-refractivity contribution in [3.05, 3.63) is 0 Å². The fourth-order valence-electron chi connectivity index (χ4n) is 0.640. The number of amides is 2. The molecule has 0 bridgehead atoms. The van der Waals surface area contributed by atoms with Gasteiger partial charge < -0.3 is 15.4 Å². The molecule has 0 radical (unpaired) electrons. The number of carbonyl (C=O) groups is 2. The van der Waals surface area contributed by atoms with Crippen molar-refractivity contribution >= 4 is 56.8 Å². The van der Waals surface area contributed by atoms with Crippen molar-refractivity contribution in [3.63, 3.8) is 0 Å². The highest BCUT2D eigenvalue weighted by atomic mass is 32.2. The van der Waals surface area contributed by atoms with Crippen molar-refractivity contribution in [2.24, 2.45) is 11.8 Å². The van der Waals surface area contributed by atoms with Crippen LogP contribution < -0.4 is 10.6 Å². The number of carbonyl (C=O) groups excluding carboxylic acids is 2. The van der Waals surface area contributed by atoms with Crippen LogP contribution in [0.4, 0.5) is 9.59 Å². The first-order valence-electron chi connectivity index (χ1n) is 7.01. The van der Waals surface area contributed by atoms with E-state index in [-0.39, 0.29) is 5.24 Å².